The monoisotopic (exact) mass is 405 g/mol. The van der Waals surface area contributed by atoms with Crippen molar-refractivity contribution in [3.63, 3.8) is 0 Å². The first-order valence-electron chi connectivity index (χ1n) is 9.95. The molecule has 1 amide bonds. The lowest BCUT2D eigenvalue weighted by molar-refractivity contribution is -0.129. The number of anilines is 1. The van der Waals surface area contributed by atoms with Gasteiger partial charge in [0, 0.05) is 63.2 Å². The highest BCUT2D eigenvalue weighted by atomic mass is 32.2. The Morgan fingerprint density at radius 3 is 2.46 bits per heavy atom. The van der Waals surface area contributed by atoms with Crippen molar-refractivity contribution in [1.82, 2.24) is 9.21 Å². The van der Waals surface area contributed by atoms with E-state index in [2.05, 4.69) is 15.8 Å². The number of nitrogens with zero attached hydrogens (tertiary/aromatic N) is 3. The molecule has 1 aromatic carbocycles. The lowest BCUT2D eigenvalue weighted by Gasteiger charge is -2.35. The Labute approximate surface area is 173 Å². The fraction of sp³-hybridized carbons (Fsp3) is 0.500. The van der Waals surface area contributed by atoms with Crippen LogP contribution in [0, 0.1) is 5.82 Å². The van der Waals surface area contributed by atoms with E-state index < -0.39 is 0 Å². The van der Waals surface area contributed by atoms with Crippen LogP contribution in [0.5, 0.6) is 0 Å². The van der Waals surface area contributed by atoms with E-state index in [9.17, 15) is 9.18 Å². The summed E-state index contributed by atoms with van der Waals surface area (Å²) in [6, 6.07) is 5.57. The molecule has 2 heterocycles. The number of halogens is 1. The zero-order chi connectivity index (χ0) is 20.4. The van der Waals surface area contributed by atoms with E-state index >= 15 is 0 Å². The highest BCUT2D eigenvalue weighted by Gasteiger charge is 2.20. The van der Waals surface area contributed by atoms with Gasteiger partial charge in [0.15, 0.2) is 0 Å². The van der Waals surface area contributed by atoms with E-state index in [4.69, 9.17) is 0 Å². The van der Waals surface area contributed by atoms with Gasteiger partial charge in [0.1, 0.15) is 5.82 Å². The number of piperazine rings is 1. The third kappa shape index (κ3) is 6.99. The molecule has 6 heteroatoms. The number of benzene rings is 1. The van der Waals surface area contributed by atoms with Gasteiger partial charge in [0.25, 0.3) is 0 Å². The summed E-state index contributed by atoms with van der Waals surface area (Å²) in [5.74, 6) is 1.13. The van der Waals surface area contributed by atoms with Crippen molar-refractivity contribution in [2.75, 3.05) is 43.4 Å². The van der Waals surface area contributed by atoms with Crippen LogP contribution in [0.25, 0.3) is 0 Å². The normalized spacial score (nSPS) is 18.0. The van der Waals surface area contributed by atoms with Gasteiger partial charge in [-0.3, -0.25) is 4.79 Å². The Balaban J connectivity index is 0.000000500. The Morgan fingerprint density at radius 2 is 1.96 bits per heavy atom. The zero-order valence-electron chi connectivity index (χ0n) is 17.1. The zero-order valence-corrected chi connectivity index (χ0v) is 17.9. The number of amides is 1. The van der Waals surface area contributed by atoms with E-state index in [1.54, 1.807) is 19.1 Å². The summed E-state index contributed by atoms with van der Waals surface area (Å²) in [5, 5.41) is 0. The maximum Gasteiger partial charge on any atom is 0.219 e. The molecule has 0 bridgehead atoms. The minimum absolute atomic E-state index is 0.116. The number of hydrogen-bond acceptors (Lipinski definition) is 4. The Morgan fingerprint density at radius 1 is 1.21 bits per heavy atom. The molecular formula is C22H32FN3OS. The molecule has 2 saturated heterocycles. The van der Waals surface area contributed by atoms with Crippen molar-refractivity contribution in [3.8, 4) is 0 Å². The van der Waals surface area contributed by atoms with Crippen LogP contribution < -0.4 is 4.90 Å². The second-order valence-corrected chi connectivity index (χ2v) is 8.12. The summed E-state index contributed by atoms with van der Waals surface area (Å²) < 4.78 is 16.7. The van der Waals surface area contributed by atoms with Gasteiger partial charge < -0.3 is 9.80 Å². The molecule has 0 aromatic heterocycles. The lowest BCUT2D eigenvalue weighted by Crippen LogP contribution is -2.48. The smallest absolute Gasteiger partial charge is 0.219 e. The highest BCUT2D eigenvalue weighted by molar-refractivity contribution is 7.97. The second kappa shape index (κ2) is 11.9. The lowest BCUT2D eigenvalue weighted by atomic mass is 10.1. The number of allylic oxidation sites excluding steroid dienone is 3. The van der Waals surface area contributed by atoms with E-state index in [-0.39, 0.29) is 11.7 Å². The van der Waals surface area contributed by atoms with Crippen LogP contribution in [0.15, 0.2) is 43.0 Å². The molecule has 0 aliphatic carbocycles. The van der Waals surface area contributed by atoms with Crippen LogP contribution in [-0.2, 0) is 11.3 Å². The quantitative estimate of drug-likeness (QED) is 0.545. The predicted molar refractivity (Wildman–Crippen MR) is 118 cm³/mol. The minimum Gasteiger partial charge on any atom is -0.368 e. The first kappa shape index (κ1) is 22.5. The van der Waals surface area contributed by atoms with Crippen LogP contribution in [0.1, 0.15) is 32.3 Å². The standard InChI is InChI=1S/C17H24FN3OS.C5H8/c1-14(22)19-7-9-20(10-8-19)16-5-4-15(17(18)12-16)13-21-6-2-3-11-23-21;1-3-5-4-2/h4-5,12H,2-3,6-11,13H2,1H3;3-5H,1H2,2H3/b;5-4-. The van der Waals surface area contributed by atoms with Crippen LogP contribution in [-0.4, -0.2) is 53.6 Å². The van der Waals surface area contributed by atoms with Gasteiger partial charge in [-0.2, -0.15) is 0 Å². The number of hydrogen-bond donors (Lipinski definition) is 0. The van der Waals surface area contributed by atoms with Crippen LogP contribution in [0.2, 0.25) is 0 Å². The van der Waals surface area contributed by atoms with Crippen molar-refractivity contribution in [3.05, 3.63) is 54.4 Å². The summed E-state index contributed by atoms with van der Waals surface area (Å²) in [7, 11) is 0. The van der Waals surface area contributed by atoms with E-state index in [0.29, 0.717) is 19.6 Å². The van der Waals surface area contributed by atoms with Crippen LogP contribution in [0.4, 0.5) is 10.1 Å². The molecule has 0 N–H and O–H groups in total. The van der Waals surface area contributed by atoms with Crippen molar-refractivity contribution >= 4 is 23.5 Å². The fourth-order valence-corrected chi connectivity index (χ4v) is 4.32. The number of carbonyl (C=O) groups excluding carboxylic acids is 1. The van der Waals surface area contributed by atoms with Crippen LogP contribution in [0.3, 0.4) is 0 Å². The summed E-state index contributed by atoms with van der Waals surface area (Å²) in [6.07, 6.45) is 8.04. The molecule has 1 aromatic rings. The van der Waals surface area contributed by atoms with E-state index in [0.717, 1.165) is 36.6 Å². The van der Waals surface area contributed by atoms with Gasteiger partial charge in [0.05, 0.1) is 0 Å². The SMILES string of the molecule is C=C/C=C\C.CC(=O)N1CCN(c2ccc(CN3CCCCS3)c(F)c2)CC1. The summed E-state index contributed by atoms with van der Waals surface area (Å²) in [5.41, 5.74) is 1.69. The molecule has 3 rings (SSSR count). The molecule has 2 fully saturated rings. The van der Waals surface area contributed by atoms with Gasteiger partial charge in [-0.25, -0.2) is 8.70 Å². The number of carbonyl (C=O) groups is 1. The summed E-state index contributed by atoms with van der Waals surface area (Å²) >= 11 is 1.82. The van der Waals surface area contributed by atoms with E-state index in [1.807, 2.05) is 48.1 Å². The average molecular weight is 406 g/mol. The Kier molecular flexibility index (Phi) is 9.58. The largest absolute Gasteiger partial charge is 0.368 e. The summed E-state index contributed by atoms with van der Waals surface area (Å²) in [6.45, 7) is 11.7. The van der Waals surface area contributed by atoms with Crippen LogP contribution >= 0.6 is 11.9 Å². The molecular weight excluding hydrogens is 373 g/mol. The van der Waals surface area contributed by atoms with Crippen molar-refractivity contribution in [2.24, 2.45) is 0 Å². The predicted octanol–water partition coefficient (Wildman–Crippen LogP) is 4.49. The van der Waals surface area contributed by atoms with Gasteiger partial charge in [0.2, 0.25) is 5.91 Å². The minimum atomic E-state index is -0.123. The summed E-state index contributed by atoms with van der Waals surface area (Å²) in [4.78, 5) is 15.4. The third-order valence-electron chi connectivity index (χ3n) is 4.88. The molecule has 0 unspecified atom stereocenters. The molecule has 0 saturated carbocycles. The average Bonchev–Trinajstić information content (AvgIpc) is 2.71. The molecule has 0 atom stereocenters. The third-order valence-corrected chi connectivity index (χ3v) is 6.03. The van der Waals surface area contributed by atoms with Crippen molar-refractivity contribution < 1.29 is 9.18 Å². The Hall–Kier alpha value is -1.79. The van der Waals surface area contributed by atoms with Gasteiger partial charge in [-0.15, -0.1) is 0 Å². The maximum atomic E-state index is 14.4. The molecule has 2 aliphatic rings. The highest BCUT2D eigenvalue weighted by Crippen LogP contribution is 2.25. The Bertz CT molecular complexity index is 666. The molecule has 28 heavy (non-hydrogen) atoms. The number of rotatable bonds is 4. The molecule has 154 valence electrons. The topological polar surface area (TPSA) is 26.8 Å². The first-order chi connectivity index (χ1) is 13.5. The molecule has 0 radical (unpaired) electrons. The van der Waals surface area contributed by atoms with Gasteiger partial charge >= 0.3 is 0 Å². The van der Waals surface area contributed by atoms with Crippen molar-refractivity contribution in [2.45, 2.75) is 33.2 Å². The van der Waals surface area contributed by atoms with E-state index in [1.165, 1.54) is 12.8 Å². The fourth-order valence-electron chi connectivity index (χ4n) is 3.24. The van der Waals surface area contributed by atoms with Gasteiger partial charge in [-0.05, 0) is 31.9 Å². The first-order valence-corrected chi connectivity index (χ1v) is 10.9. The second-order valence-electron chi connectivity index (χ2n) is 6.93. The molecule has 4 nitrogen and oxygen atoms in total. The van der Waals surface area contributed by atoms with Gasteiger partial charge in [-0.1, -0.05) is 42.8 Å². The molecule has 2 aliphatic heterocycles. The van der Waals surface area contributed by atoms with Crippen molar-refractivity contribution in [1.29, 1.82) is 0 Å². The molecule has 0 spiro atoms. The maximum absolute atomic E-state index is 14.4.